The van der Waals surface area contributed by atoms with E-state index in [1.165, 1.54) is 0 Å². The Balaban J connectivity index is 6.29. The summed E-state index contributed by atoms with van der Waals surface area (Å²) in [5.41, 5.74) is 0. The minimum absolute atomic E-state index is 0.371. The first-order valence-corrected chi connectivity index (χ1v) is 6.04. The zero-order valence-electron chi connectivity index (χ0n) is 9.73. The van der Waals surface area contributed by atoms with Gasteiger partial charge in [-0.1, -0.05) is 0 Å². The Morgan fingerprint density at radius 1 is 0.545 bits per heavy atom. The van der Waals surface area contributed by atoms with Gasteiger partial charge in [0.2, 0.25) is 0 Å². The van der Waals surface area contributed by atoms with E-state index in [0.29, 0.717) is 0 Å². The molecule has 0 aromatic carbocycles. The third-order valence-corrected chi connectivity index (χ3v) is 3.24. The molecule has 0 fully saturated rings. The van der Waals surface area contributed by atoms with E-state index in [0.717, 1.165) is 0 Å². The topological polar surface area (TPSA) is 17.1 Å². The molecule has 0 saturated carbocycles. The summed E-state index contributed by atoms with van der Waals surface area (Å²) in [5.74, 6) is -31.1. The summed E-state index contributed by atoms with van der Waals surface area (Å²) < 4.78 is 171. The van der Waals surface area contributed by atoms with Crippen LogP contribution in [0, 0.1) is 0 Å². The molecule has 0 N–H and O–H groups in total. The zero-order chi connectivity index (χ0) is 18.6. The molecule has 1 nitrogen and oxygen atoms in total. The molecule has 0 heterocycles. The molecule has 134 valence electrons. The van der Waals surface area contributed by atoms with E-state index in [1.807, 2.05) is 0 Å². The minimum atomic E-state index is -7.95. The van der Waals surface area contributed by atoms with Gasteiger partial charge in [0.25, 0.3) is 0 Å². The minimum Gasteiger partial charge on any atom is -0.254 e. The second kappa shape index (κ2) is 5.12. The Morgan fingerprint density at radius 2 is 0.818 bits per heavy atom. The van der Waals surface area contributed by atoms with Gasteiger partial charge in [0.1, 0.15) is 0 Å². The molecule has 0 radical (unpaired) electrons. The average molecular weight is 382 g/mol. The summed E-state index contributed by atoms with van der Waals surface area (Å²) in [4.78, 5) is 0. The molecule has 0 aliphatic heterocycles. The Kier molecular flexibility index (Phi) is 4.95. The van der Waals surface area contributed by atoms with Crippen LogP contribution in [0.5, 0.6) is 0 Å². The van der Waals surface area contributed by atoms with Crippen molar-refractivity contribution in [1.82, 2.24) is 0 Å². The fourth-order valence-corrected chi connectivity index (χ4v) is 1.42. The molecular formula is C7H3F13OS. The Morgan fingerprint density at radius 3 is 1.05 bits per heavy atom. The third-order valence-electron chi connectivity index (χ3n) is 2.27. The van der Waals surface area contributed by atoms with Crippen LogP contribution in [0.2, 0.25) is 0 Å². The summed E-state index contributed by atoms with van der Waals surface area (Å²) in [6.07, 6.45) is -7.82. The van der Waals surface area contributed by atoms with Crippen molar-refractivity contribution in [2.75, 3.05) is 6.26 Å². The van der Waals surface area contributed by atoms with Crippen molar-refractivity contribution >= 4 is 10.8 Å². The van der Waals surface area contributed by atoms with Crippen LogP contribution in [0.15, 0.2) is 0 Å². The fraction of sp³-hybridized carbons (Fsp3) is 1.00. The van der Waals surface area contributed by atoms with Crippen LogP contribution in [0.25, 0.3) is 0 Å². The summed E-state index contributed by atoms with van der Waals surface area (Å²) in [7, 11) is -4.30. The van der Waals surface area contributed by atoms with Crippen LogP contribution in [-0.2, 0) is 10.8 Å². The maximum Gasteiger partial charge on any atom is 0.460 e. The Labute approximate surface area is 114 Å². The van der Waals surface area contributed by atoms with Gasteiger partial charge in [0.05, 0.1) is 10.8 Å². The van der Waals surface area contributed by atoms with E-state index in [2.05, 4.69) is 0 Å². The van der Waals surface area contributed by atoms with Crippen molar-refractivity contribution in [2.45, 2.75) is 35.1 Å². The van der Waals surface area contributed by atoms with Crippen molar-refractivity contribution in [3.8, 4) is 0 Å². The third kappa shape index (κ3) is 2.54. The second-order valence-electron chi connectivity index (χ2n) is 3.77. The highest BCUT2D eigenvalue weighted by molar-refractivity contribution is 7.85. The van der Waals surface area contributed by atoms with Crippen molar-refractivity contribution < 1.29 is 61.3 Å². The van der Waals surface area contributed by atoms with Crippen LogP contribution < -0.4 is 0 Å². The predicted molar refractivity (Wildman–Crippen MR) is 44.9 cm³/mol. The summed E-state index contributed by atoms with van der Waals surface area (Å²) in [5, 5.41) is -6.51. The van der Waals surface area contributed by atoms with Gasteiger partial charge < -0.3 is 0 Å². The zero-order valence-corrected chi connectivity index (χ0v) is 10.5. The van der Waals surface area contributed by atoms with Gasteiger partial charge in [-0.05, 0) is 0 Å². The van der Waals surface area contributed by atoms with Gasteiger partial charge in [-0.3, -0.25) is 4.21 Å². The lowest BCUT2D eigenvalue weighted by atomic mass is 9.98. The predicted octanol–water partition coefficient (Wildman–Crippen LogP) is 4.06. The largest absolute Gasteiger partial charge is 0.460 e. The average Bonchev–Trinajstić information content (AvgIpc) is 2.25. The van der Waals surface area contributed by atoms with Crippen molar-refractivity contribution in [3.63, 3.8) is 0 Å². The maximum atomic E-state index is 12.8. The number of alkyl halides is 13. The summed E-state index contributed by atoms with van der Waals surface area (Å²) >= 11 is 0. The van der Waals surface area contributed by atoms with Gasteiger partial charge in [-0.2, -0.15) is 57.1 Å². The molecule has 0 bridgehead atoms. The van der Waals surface area contributed by atoms with Gasteiger partial charge in [0.15, 0.2) is 0 Å². The second-order valence-corrected chi connectivity index (χ2v) is 5.19. The van der Waals surface area contributed by atoms with Gasteiger partial charge >= 0.3 is 35.1 Å². The van der Waals surface area contributed by atoms with Crippen molar-refractivity contribution in [1.29, 1.82) is 0 Å². The van der Waals surface area contributed by atoms with Crippen molar-refractivity contribution in [3.05, 3.63) is 0 Å². The number of rotatable bonds is 5. The lowest BCUT2D eigenvalue weighted by molar-refractivity contribution is -0.433. The van der Waals surface area contributed by atoms with E-state index in [-0.39, 0.29) is 6.26 Å². The molecular weight excluding hydrogens is 379 g/mol. The standard InChI is InChI=1S/C7H3F13OS/c1-22(21)7(19,20)5(14,15)3(10,11)2(8,9)4(12,13)6(16,17)18/h1H3. The highest BCUT2D eigenvalue weighted by atomic mass is 32.2. The number of halogens is 13. The van der Waals surface area contributed by atoms with Crippen LogP contribution in [0.3, 0.4) is 0 Å². The van der Waals surface area contributed by atoms with E-state index in [1.54, 1.807) is 0 Å². The Bertz CT molecular complexity index is 450. The first-order valence-electron chi connectivity index (χ1n) is 4.49. The fourth-order valence-electron chi connectivity index (χ4n) is 0.936. The molecule has 0 aliphatic carbocycles. The van der Waals surface area contributed by atoms with Gasteiger partial charge in [-0.15, -0.1) is 0 Å². The quantitative estimate of drug-likeness (QED) is 0.656. The maximum absolute atomic E-state index is 12.8. The van der Waals surface area contributed by atoms with E-state index in [9.17, 15) is 61.3 Å². The molecule has 0 aromatic rings. The number of hydrogen-bond acceptors (Lipinski definition) is 1. The summed E-state index contributed by atoms with van der Waals surface area (Å²) in [6.45, 7) is 0. The molecule has 0 aliphatic rings. The molecule has 0 spiro atoms. The van der Waals surface area contributed by atoms with Gasteiger partial charge in [0, 0.05) is 6.26 Å². The lowest BCUT2D eigenvalue weighted by Gasteiger charge is -2.39. The van der Waals surface area contributed by atoms with Crippen LogP contribution in [0.1, 0.15) is 0 Å². The van der Waals surface area contributed by atoms with E-state index >= 15 is 0 Å². The molecule has 0 saturated heterocycles. The van der Waals surface area contributed by atoms with Crippen LogP contribution in [0.4, 0.5) is 57.1 Å². The van der Waals surface area contributed by atoms with Crippen molar-refractivity contribution in [2.24, 2.45) is 0 Å². The van der Waals surface area contributed by atoms with Gasteiger partial charge in [-0.25, -0.2) is 0 Å². The van der Waals surface area contributed by atoms with E-state index in [4.69, 9.17) is 0 Å². The van der Waals surface area contributed by atoms with Crippen LogP contribution in [-0.4, -0.2) is 45.6 Å². The molecule has 22 heavy (non-hydrogen) atoms. The SMILES string of the molecule is CS(=O)C(F)(F)C(F)(F)C(F)(F)C(F)(F)C(F)(F)C(F)(F)F. The summed E-state index contributed by atoms with van der Waals surface area (Å²) in [6, 6.07) is 0. The first kappa shape index (κ1) is 21.2. The molecule has 0 rings (SSSR count). The molecule has 15 heteroatoms. The van der Waals surface area contributed by atoms with Crippen LogP contribution >= 0.6 is 0 Å². The highest BCUT2D eigenvalue weighted by Gasteiger charge is 2.91. The Hall–Kier alpha value is -0.760. The van der Waals surface area contributed by atoms with E-state index < -0.39 is 45.9 Å². The highest BCUT2D eigenvalue weighted by Crippen LogP contribution is 2.60. The monoisotopic (exact) mass is 382 g/mol. The molecule has 0 aromatic heterocycles. The molecule has 1 atom stereocenters. The molecule has 1 unspecified atom stereocenters. The number of hydrogen-bond donors (Lipinski definition) is 0. The lowest BCUT2D eigenvalue weighted by Crippen LogP contribution is -2.70. The first-order chi connectivity index (χ1) is 9.19. The smallest absolute Gasteiger partial charge is 0.254 e. The molecule has 0 amide bonds. The normalized spacial score (nSPS) is 17.5.